The van der Waals surface area contributed by atoms with Crippen molar-refractivity contribution in [1.82, 2.24) is 0 Å². The van der Waals surface area contributed by atoms with Crippen LogP contribution in [0.5, 0.6) is 0 Å². The van der Waals surface area contributed by atoms with Crippen LogP contribution in [0.25, 0.3) is 0 Å². The van der Waals surface area contributed by atoms with Crippen molar-refractivity contribution in [2.24, 2.45) is 0 Å². The molecule has 2 N–H and O–H groups in total. The summed E-state index contributed by atoms with van der Waals surface area (Å²) in [5, 5.41) is 5.82. The van der Waals surface area contributed by atoms with E-state index in [4.69, 9.17) is 0 Å². The Balaban J connectivity index is 1.16. The van der Waals surface area contributed by atoms with Gasteiger partial charge in [0.15, 0.2) is 0 Å². The Morgan fingerprint density at radius 3 is 1.26 bits per heavy atom. The lowest BCUT2D eigenvalue weighted by atomic mass is 10.0. The van der Waals surface area contributed by atoms with E-state index in [1.807, 2.05) is 48.5 Å². The molecular formula is C31H28F2N2O2S2. The highest BCUT2D eigenvalue weighted by Gasteiger charge is 2.06. The molecule has 0 aromatic heterocycles. The van der Waals surface area contributed by atoms with Gasteiger partial charge in [-0.3, -0.25) is 9.59 Å². The SMILES string of the molecule is O=C(CCSc1ccc(F)cc1)Nc1ccc(Cc2ccc(NC(=O)CCSc3ccc(F)cc3)cc2)cc1. The summed E-state index contributed by atoms with van der Waals surface area (Å²) >= 11 is 3.03. The Morgan fingerprint density at radius 1 is 0.538 bits per heavy atom. The first-order valence-electron chi connectivity index (χ1n) is 12.5. The number of amides is 2. The summed E-state index contributed by atoms with van der Waals surface area (Å²) in [5.74, 6) is 0.552. The number of thioether (sulfide) groups is 2. The molecule has 0 unspecified atom stereocenters. The summed E-state index contributed by atoms with van der Waals surface area (Å²) in [7, 11) is 0. The molecule has 4 nitrogen and oxygen atoms in total. The molecule has 0 aliphatic carbocycles. The lowest BCUT2D eigenvalue weighted by Crippen LogP contribution is -2.12. The van der Waals surface area contributed by atoms with Gasteiger partial charge in [-0.05, 0) is 90.3 Å². The van der Waals surface area contributed by atoms with Gasteiger partial charge in [0.05, 0.1) is 0 Å². The number of rotatable bonds is 12. The fraction of sp³-hybridized carbons (Fsp3) is 0.161. The van der Waals surface area contributed by atoms with Crippen molar-refractivity contribution in [3.63, 3.8) is 0 Å². The summed E-state index contributed by atoms with van der Waals surface area (Å²) in [6.45, 7) is 0. The van der Waals surface area contributed by atoms with E-state index in [1.54, 1.807) is 24.3 Å². The summed E-state index contributed by atoms with van der Waals surface area (Å²) in [4.78, 5) is 26.4. The first kappa shape index (κ1) is 28.4. The van der Waals surface area contributed by atoms with E-state index in [2.05, 4.69) is 10.6 Å². The highest BCUT2D eigenvalue weighted by atomic mass is 32.2. The third-order valence-electron chi connectivity index (χ3n) is 5.71. The molecule has 0 saturated carbocycles. The highest BCUT2D eigenvalue weighted by Crippen LogP contribution is 2.21. The number of nitrogens with one attached hydrogen (secondary N) is 2. The predicted molar refractivity (Wildman–Crippen MR) is 156 cm³/mol. The normalized spacial score (nSPS) is 10.7. The van der Waals surface area contributed by atoms with Gasteiger partial charge in [-0.1, -0.05) is 24.3 Å². The number of halogens is 2. The van der Waals surface area contributed by atoms with Gasteiger partial charge in [0.25, 0.3) is 0 Å². The van der Waals surface area contributed by atoms with Crippen molar-refractivity contribution >= 4 is 46.7 Å². The van der Waals surface area contributed by atoms with Crippen LogP contribution >= 0.6 is 23.5 Å². The zero-order chi connectivity index (χ0) is 27.5. The Labute approximate surface area is 235 Å². The smallest absolute Gasteiger partial charge is 0.225 e. The minimum Gasteiger partial charge on any atom is -0.326 e. The van der Waals surface area contributed by atoms with Crippen molar-refractivity contribution in [3.8, 4) is 0 Å². The molecule has 4 aromatic carbocycles. The third-order valence-corrected chi connectivity index (χ3v) is 7.73. The summed E-state index contributed by atoms with van der Waals surface area (Å²) in [6.07, 6.45) is 1.45. The van der Waals surface area contributed by atoms with Crippen LogP contribution in [0.2, 0.25) is 0 Å². The number of benzene rings is 4. The van der Waals surface area contributed by atoms with E-state index in [0.717, 1.165) is 38.7 Å². The maximum Gasteiger partial charge on any atom is 0.225 e. The fourth-order valence-corrected chi connectivity index (χ4v) is 5.38. The fourth-order valence-electron chi connectivity index (χ4n) is 3.68. The molecule has 8 heteroatoms. The maximum atomic E-state index is 13.0. The Kier molecular flexibility index (Phi) is 10.6. The van der Waals surface area contributed by atoms with E-state index in [1.165, 1.54) is 47.8 Å². The van der Waals surface area contributed by atoms with Gasteiger partial charge in [-0.15, -0.1) is 23.5 Å². The Morgan fingerprint density at radius 2 is 0.897 bits per heavy atom. The van der Waals surface area contributed by atoms with Gasteiger partial charge < -0.3 is 10.6 Å². The second kappa shape index (κ2) is 14.5. The van der Waals surface area contributed by atoms with E-state index in [0.29, 0.717) is 24.3 Å². The molecule has 0 bridgehead atoms. The largest absolute Gasteiger partial charge is 0.326 e. The minimum absolute atomic E-state index is 0.0657. The van der Waals surface area contributed by atoms with Crippen molar-refractivity contribution in [2.45, 2.75) is 29.1 Å². The molecule has 0 heterocycles. The molecule has 200 valence electrons. The minimum atomic E-state index is -0.271. The maximum absolute atomic E-state index is 13.0. The average Bonchev–Trinajstić information content (AvgIpc) is 2.93. The monoisotopic (exact) mass is 562 g/mol. The van der Waals surface area contributed by atoms with Crippen LogP contribution in [0.4, 0.5) is 20.2 Å². The molecule has 4 rings (SSSR count). The van der Waals surface area contributed by atoms with Crippen molar-refractivity contribution in [1.29, 1.82) is 0 Å². The number of hydrogen-bond acceptors (Lipinski definition) is 4. The van der Waals surface area contributed by atoms with E-state index in [9.17, 15) is 18.4 Å². The molecular weight excluding hydrogens is 534 g/mol. The van der Waals surface area contributed by atoms with Crippen LogP contribution in [-0.2, 0) is 16.0 Å². The molecule has 0 spiro atoms. The van der Waals surface area contributed by atoms with Crippen molar-refractivity contribution < 1.29 is 18.4 Å². The number of anilines is 2. The lowest BCUT2D eigenvalue weighted by molar-refractivity contribution is -0.116. The molecule has 4 aromatic rings. The topological polar surface area (TPSA) is 58.2 Å². The van der Waals surface area contributed by atoms with Crippen LogP contribution in [0.3, 0.4) is 0 Å². The first-order valence-corrected chi connectivity index (χ1v) is 14.4. The third kappa shape index (κ3) is 9.89. The van der Waals surface area contributed by atoms with Gasteiger partial charge in [0, 0.05) is 45.5 Å². The van der Waals surface area contributed by atoms with Gasteiger partial charge in [0.2, 0.25) is 11.8 Å². The molecule has 0 saturated heterocycles. The van der Waals surface area contributed by atoms with E-state index >= 15 is 0 Å². The predicted octanol–water partition coefficient (Wildman–Crippen LogP) is 7.80. The van der Waals surface area contributed by atoms with E-state index in [-0.39, 0.29) is 23.4 Å². The summed E-state index contributed by atoms with van der Waals surface area (Å²) < 4.78 is 26.0. The molecule has 0 fully saturated rings. The summed E-state index contributed by atoms with van der Waals surface area (Å²) in [5.41, 5.74) is 3.70. The van der Waals surface area contributed by atoms with Crippen LogP contribution in [0.15, 0.2) is 107 Å². The number of carbonyl (C=O) groups excluding carboxylic acids is 2. The zero-order valence-electron chi connectivity index (χ0n) is 21.2. The highest BCUT2D eigenvalue weighted by molar-refractivity contribution is 7.99. The molecule has 0 aliphatic heterocycles. The van der Waals surface area contributed by atoms with Crippen molar-refractivity contribution in [3.05, 3.63) is 120 Å². The number of hydrogen-bond donors (Lipinski definition) is 2. The lowest BCUT2D eigenvalue weighted by Gasteiger charge is -2.09. The van der Waals surface area contributed by atoms with Gasteiger partial charge >= 0.3 is 0 Å². The number of carbonyl (C=O) groups is 2. The van der Waals surface area contributed by atoms with Crippen LogP contribution in [0.1, 0.15) is 24.0 Å². The first-order chi connectivity index (χ1) is 18.9. The second-order valence-electron chi connectivity index (χ2n) is 8.77. The quantitative estimate of drug-likeness (QED) is 0.173. The van der Waals surface area contributed by atoms with Crippen LogP contribution in [-0.4, -0.2) is 23.3 Å². The standard InChI is InChI=1S/C31H28F2N2O2S2/c32-24-5-13-28(14-6-24)38-19-17-30(36)34-26-9-1-22(2-10-26)21-23-3-11-27(12-4-23)35-31(37)18-20-39-29-15-7-25(33)8-16-29/h1-16H,17-21H2,(H,34,36)(H,35,37). The van der Waals surface area contributed by atoms with E-state index < -0.39 is 0 Å². The molecule has 39 heavy (non-hydrogen) atoms. The Hall–Kier alpha value is -3.62. The second-order valence-corrected chi connectivity index (χ2v) is 11.1. The van der Waals surface area contributed by atoms with Crippen LogP contribution < -0.4 is 10.6 Å². The summed E-state index contributed by atoms with van der Waals surface area (Å²) in [6, 6.07) is 28.0. The molecule has 0 aliphatic rings. The van der Waals surface area contributed by atoms with Gasteiger partial charge in [-0.25, -0.2) is 8.78 Å². The molecule has 0 atom stereocenters. The molecule has 2 amide bonds. The van der Waals surface area contributed by atoms with Gasteiger partial charge in [-0.2, -0.15) is 0 Å². The zero-order valence-corrected chi connectivity index (χ0v) is 22.8. The van der Waals surface area contributed by atoms with Crippen LogP contribution in [0, 0.1) is 11.6 Å². The Bertz CT molecular complexity index is 1260. The van der Waals surface area contributed by atoms with Gasteiger partial charge in [0.1, 0.15) is 11.6 Å². The average molecular weight is 563 g/mol. The van der Waals surface area contributed by atoms with Crippen molar-refractivity contribution in [2.75, 3.05) is 22.1 Å². The molecule has 0 radical (unpaired) electrons.